The molecule has 0 fully saturated rings. The average molecular weight is 339 g/mol. The van der Waals surface area contributed by atoms with Crippen LogP contribution in [0.3, 0.4) is 0 Å². The second-order valence-corrected chi connectivity index (χ2v) is 4.90. The summed E-state index contributed by atoms with van der Waals surface area (Å²) in [6, 6.07) is 7.55. The number of nitro groups is 1. The molecule has 20 heavy (non-hydrogen) atoms. The van der Waals surface area contributed by atoms with Crippen molar-refractivity contribution in [2.75, 3.05) is 0 Å². The number of non-ortho nitro benzene ring substituents is 1. The molecule has 0 bridgehead atoms. The first kappa shape index (κ1) is 14.4. The minimum absolute atomic E-state index is 0.0854. The molecule has 0 radical (unpaired) electrons. The molecule has 1 aromatic carbocycles. The molecule has 0 saturated carbocycles. The number of pyridine rings is 1. The van der Waals surface area contributed by atoms with Crippen LogP contribution in [-0.4, -0.2) is 15.0 Å². The lowest BCUT2D eigenvalue weighted by Gasteiger charge is -2.12. The summed E-state index contributed by atoms with van der Waals surface area (Å²) >= 11 is 3.26. The van der Waals surface area contributed by atoms with E-state index >= 15 is 0 Å². The van der Waals surface area contributed by atoms with Gasteiger partial charge >= 0.3 is 0 Å². The first-order valence-electron chi connectivity index (χ1n) is 5.74. The van der Waals surface area contributed by atoms with Crippen molar-refractivity contribution >= 4 is 21.6 Å². The van der Waals surface area contributed by atoms with Gasteiger partial charge in [-0.2, -0.15) is 0 Å². The standard InChI is InChI=1S/C13H11BrN2O4/c1-8(17)10-3-2-6-15-13(10)20-12-7-9(16(18)19)4-5-11(12)14/h2-8,17H,1H3/t8-/m0/s1. The van der Waals surface area contributed by atoms with Crippen LogP contribution in [0.4, 0.5) is 5.69 Å². The van der Waals surface area contributed by atoms with Crippen LogP contribution in [0.1, 0.15) is 18.6 Å². The lowest BCUT2D eigenvalue weighted by Crippen LogP contribution is -1.99. The Bertz CT molecular complexity index is 646. The highest BCUT2D eigenvalue weighted by Gasteiger charge is 2.15. The summed E-state index contributed by atoms with van der Waals surface area (Å²) < 4.78 is 6.13. The molecule has 7 heteroatoms. The third-order valence-corrected chi connectivity index (χ3v) is 3.24. The number of rotatable bonds is 4. The number of nitro benzene ring substituents is 1. The number of ether oxygens (including phenoxy) is 1. The van der Waals surface area contributed by atoms with E-state index in [1.54, 1.807) is 19.1 Å². The van der Waals surface area contributed by atoms with Crippen molar-refractivity contribution in [1.29, 1.82) is 0 Å². The molecule has 1 atom stereocenters. The Morgan fingerprint density at radius 3 is 2.85 bits per heavy atom. The SMILES string of the molecule is C[C@H](O)c1cccnc1Oc1cc([N+](=O)[O-])ccc1Br. The van der Waals surface area contributed by atoms with E-state index in [0.717, 1.165) is 0 Å². The fraction of sp³-hybridized carbons (Fsp3) is 0.154. The summed E-state index contributed by atoms with van der Waals surface area (Å²) in [5.41, 5.74) is 0.420. The van der Waals surface area contributed by atoms with Crippen LogP contribution in [0.2, 0.25) is 0 Å². The van der Waals surface area contributed by atoms with Gasteiger partial charge in [0.15, 0.2) is 5.75 Å². The van der Waals surface area contributed by atoms with Gasteiger partial charge in [-0.15, -0.1) is 0 Å². The van der Waals surface area contributed by atoms with Crippen LogP contribution < -0.4 is 4.74 Å². The first-order valence-corrected chi connectivity index (χ1v) is 6.53. The molecule has 0 saturated heterocycles. The Morgan fingerprint density at radius 2 is 2.20 bits per heavy atom. The molecule has 1 heterocycles. The van der Waals surface area contributed by atoms with Crippen LogP contribution in [0, 0.1) is 10.1 Å². The van der Waals surface area contributed by atoms with Crippen molar-refractivity contribution in [3.8, 4) is 11.6 Å². The molecule has 0 unspecified atom stereocenters. The number of aliphatic hydroxyl groups is 1. The van der Waals surface area contributed by atoms with E-state index in [1.807, 2.05) is 0 Å². The van der Waals surface area contributed by atoms with E-state index in [4.69, 9.17) is 4.74 Å². The zero-order valence-corrected chi connectivity index (χ0v) is 12.1. The lowest BCUT2D eigenvalue weighted by molar-refractivity contribution is -0.384. The van der Waals surface area contributed by atoms with Gasteiger partial charge in [0.2, 0.25) is 5.88 Å². The monoisotopic (exact) mass is 338 g/mol. The molecule has 104 valence electrons. The number of halogens is 1. The molecule has 0 aliphatic heterocycles. The molecule has 0 aliphatic rings. The predicted molar refractivity (Wildman–Crippen MR) is 75.7 cm³/mol. The smallest absolute Gasteiger partial charge is 0.273 e. The Morgan fingerprint density at radius 1 is 1.45 bits per heavy atom. The summed E-state index contributed by atoms with van der Waals surface area (Å²) in [6.45, 7) is 1.59. The topological polar surface area (TPSA) is 85.5 Å². The molecule has 0 amide bonds. The first-order chi connectivity index (χ1) is 9.49. The van der Waals surface area contributed by atoms with Gasteiger partial charge in [-0.3, -0.25) is 10.1 Å². The predicted octanol–water partition coefficient (Wildman–Crippen LogP) is 3.60. The van der Waals surface area contributed by atoms with Crippen molar-refractivity contribution in [2.24, 2.45) is 0 Å². The zero-order valence-electron chi connectivity index (χ0n) is 10.5. The maximum atomic E-state index is 10.8. The number of benzene rings is 1. The minimum atomic E-state index is -0.754. The van der Waals surface area contributed by atoms with Gasteiger partial charge in [0.05, 0.1) is 21.6 Å². The summed E-state index contributed by atoms with van der Waals surface area (Å²) in [5.74, 6) is 0.475. The molecule has 6 nitrogen and oxygen atoms in total. The van der Waals surface area contributed by atoms with Crippen LogP contribution in [0.15, 0.2) is 41.0 Å². The van der Waals surface area contributed by atoms with Crippen LogP contribution in [0.5, 0.6) is 11.6 Å². The van der Waals surface area contributed by atoms with E-state index in [9.17, 15) is 15.2 Å². The Labute approximate surface area is 123 Å². The van der Waals surface area contributed by atoms with Gasteiger partial charge in [-0.05, 0) is 41.1 Å². The van der Waals surface area contributed by atoms with Crippen LogP contribution >= 0.6 is 15.9 Å². The number of hydrogen-bond acceptors (Lipinski definition) is 5. The van der Waals surface area contributed by atoms with E-state index < -0.39 is 11.0 Å². The van der Waals surface area contributed by atoms with Gasteiger partial charge < -0.3 is 9.84 Å². The molecular weight excluding hydrogens is 328 g/mol. The number of aliphatic hydroxyl groups excluding tert-OH is 1. The van der Waals surface area contributed by atoms with E-state index in [2.05, 4.69) is 20.9 Å². The van der Waals surface area contributed by atoms with E-state index in [-0.39, 0.29) is 17.3 Å². The third-order valence-electron chi connectivity index (χ3n) is 2.58. The maximum Gasteiger partial charge on any atom is 0.273 e. The van der Waals surface area contributed by atoms with Gasteiger partial charge in [0.25, 0.3) is 5.69 Å². The fourth-order valence-corrected chi connectivity index (χ4v) is 1.92. The Balaban J connectivity index is 2.40. The molecule has 0 aliphatic carbocycles. The average Bonchev–Trinajstić information content (AvgIpc) is 2.41. The summed E-state index contributed by atoms with van der Waals surface area (Å²) in [6.07, 6.45) is 0.767. The van der Waals surface area contributed by atoms with Crippen molar-refractivity contribution in [3.63, 3.8) is 0 Å². The van der Waals surface area contributed by atoms with Crippen molar-refractivity contribution in [1.82, 2.24) is 4.98 Å². The van der Waals surface area contributed by atoms with Gasteiger partial charge in [0.1, 0.15) is 0 Å². The quantitative estimate of drug-likeness (QED) is 0.679. The molecule has 0 spiro atoms. The number of hydrogen-bond donors (Lipinski definition) is 1. The van der Waals surface area contributed by atoms with Crippen molar-refractivity contribution in [3.05, 3.63) is 56.7 Å². The molecule has 1 aromatic heterocycles. The molecule has 2 aromatic rings. The van der Waals surface area contributed by atoms with E-state index in [1.165, 1.54) is 24.4 Å². The second kappa shape index (κ2) is 5.98. The lowest BCUT2D eigenvalue weighted by atomic mass is 10.2. The van der Waals surface area contributed by atoms with E-state index in [0.29, 0.717) is 10.0 Å². The van der Waals surface area contributed by atoms with Gasteiger partial charge in [0, 0.05) is 17.8 Å². The molecular formula is C13H11BrN2O4. The minimum Gasteiger partial charge on any atom is -0.437 e. The highest BCUT2D eigenvalue weighted by molar-refractivity contribution is 9.10. The summed E-state index contributed by atoms with van der Waals surface area (Å²) in [7, 11) is 0. The van der Waals surface area contributed by atoms with Gasteiger partial charge in [-0.1, -0.05) is 0 Å². The fourth-order valence-electron chi connectivity index (χ4n) is 1.59. The van der Waals surface area contributed by atoms with Crippen molar-refractivity contribution in [2.45, 2.75) is 13.0 Å². The number of nitrogens with zero attached hydrogens (tertiary/aromatic N) is 2. The van der Waals surface area contributed by atoms with Crippen LogP contribution in [-0.2, 0) is 0 Å². The molecule has 2 rings (SSSR count). The third kappa shape index (κ3) is 3.12. The number of aromatic nitrogens is 1. The van der Waals surface area contributed by atoms with Crippen LogP contribution in [0.25, 0.3) is 0 Å². The normalized spacial score (nSPS) is 11.9. The second-order valence-electron chi connectivity index (χ2n) is 4.05. The zero-order chi connectivity index (χ0) is 14.7. The summed E-state index contributed by atoms with van der Waals surface area (Å²) in [5, 5.41) is 20.4. The maximum absolute atomic E-state index is 10.8. The summed E-state index contributed by atoms with van der Waals surface area (Å²) in [4.78, 5) is 14.3. The largest absolute Gasteiger partial charge is 0.437 e. The Hall–Kier alpha value is -1.99. The highest BCUT2D eigenvalue weighted by atomic mass is 79.9. The van der Waals surface area contributed by atoms with Gasteiger partial charge in [-0.25, -0.2) is 4.98 Å². The van der Waals surface area contributed by atoms with Crippen molar-refractivity contribution < 1.29 is 14.8 Å². The highest BCUT2D eigenvalue weighted by Crippen LogP contribution is 2.34. The Kier molecular flexibility index (Phi) is 4.31. The molecule has 1 N–H and O–H groups in total.